The quantitative estimate of drug-likeness (QED) is 0.759. The summed E-state index contributed by atoms with van der Waals surface area (Å²) in [6.07, 6.45) is 3.40. The highest BCUT2D eigenvalue weighted by atomic mass is 16.5. The highest BCUT2D eigenvalue weighted by Crippen LogP contribution is 2.21. The van der Waals surface area contributed by atoms with Crippen LogP contribution in [0.4, 0.5) is 0 Å². The van der Waals surface area contributed by atoms with Crippen molar-refractivity contribution in [3.8, 4) is 0 Å². The Hall–Kier alpha value is -1.10. The molecular weight excluding hydrogens is 210 g/mol. The molecule has 0 saturated carbocycles. The molecule has 2 rings (SSSR count). The van der Waals surface area contributed by atoms with E-state index in [2.05, 4.69) is 0 Å². The van der Waals surface area contributed by atoms with Gasteiger partial charge in [0.2, 0.25) is 5.91 Å². The number of likely N-dealkylation sites (tertiary alicyclic amines) is 1. The second-order valence-corrected chi connectivity index (χ2v) is 4.50. The van der Waals surface area contributed by atoms with E-state index in [1.807, 2.05) is 0 Å². The molecule has 2 fully saturated rings. The zero-order valence-electron chi connectivity index (χ0n) is 9.22. The van der Waals surface area contributed by atoms with Crippen LogP contribution in [0, 0.1) is 5.92 Å². The van der Waals surface area contributed by atoms with Gasteiger partial charge in [-0.05, 0) is 19.3 Å². The van der Waals surface area contributed by atoms with Gasteiger partial charge in [-0.25, -0.2) is 0 Å². The van der Waals surface area contributed by atoms with Gasteiger partial charge in [0, 0.05) is 26.1 Å². The molecule has 0 aliphatic carbocycles. The Bertz CT molecular complexity index is 286. The van der Waals surface area contributed by atoms with Crippen molar-refractivity contribution in [3.05, 3.63) is 0 Å². The molecule has 0 aromatic rings. The van der Waals surface area contributed by atoms with E-state index in [0.29, 0.717) is 13.1 Å². The topological polar surface area (TPSA) is 66.8 Å². The normalized spacial score (nSPS) is 30.0. The number of amides is 1. The van der Waals surface area contributed by atoms with Crippen molar-refractivity contribution in [3.63, 3.8) is 0 Å². The van der Waals surface area contributed by atoms with Gasteiger partial charge >= 0.3 is 5.97 Å². The number of nitrogens with zero attached hydrogens (tertiary/aromatic N) is 1. The van der Waals surface area contributed by atoms with E-state index in [1.54, 1.807) is 4.90 Å². The van der Waals surface area contributed by atoms with Gasteiger partial charge in [0.15, 0.2) is 0 Å². The van der Waals surface area contributed by atoms with E-state index in [9.17, 15) is 9.59 Å². The number of hydrogen-bond acceptors (Lipinski definition) is 3. The van der Waals surface area contributed by atoms with Crippen molar-refractivity contribution < 1.29 is 19.4 Å². The molecule has 0 aromatic carbocycles. The molecule has 0 bridgehead atoms. The molecule has 2 saturated heterocycles. The summed E-state index contributed by atoms with van der Waals surface area (Å²) in [5.74, 6) is -1.42. The SMILES string of the molecule is O=C(O)C1CC(=O)N(CCC2CCCO2)C1. The van der Waals surface area contributed by atoms with Crippen LogP contribution in [0.1, 0.15) is 25.7 Å². The van der Waals surface area contributed by atoms with Crippen molar-refractivity contribution in [2.24, 2.45) is 5.92 Å². The van der Waals surface area contributed by atoms with E-state index >= 15 is 0 Å². The Balaban J connectivity index is 1.77. The second kappa shape index (κ2) is 4.82. The van der Waals surface area contributed by atoms with E-state index in [4.69, 9.17) is 9.84 Å². The predicted octanol–water partition coefficient (Wildman–Crippen LogP) is 0.489. The summed E-state index contributed by atoms with van der Waals surface area (Å²) in [6, 6.07) is 0. The highest BCUT2D eigenvalue weighted by Gasteiger charge is 2.34. The third-order valence-corrected chi connectivity index (χ3v) is 3.31. The molecular formula is C11H17NO4. The van der Waals surface area contributed by atoms with Crippen molar-refractivity contribution >= 4 is 11.9 Å². The van der Waals surface area contributed by atoms with Gasteiger partial charge in [0.25, 0.3) is 0 Å². The van der Waals surface area contributed by atoms with Crippen LogP contribution in [0.15, 0.2) is 0 Å². The van der Waals surface area contributed by atoms with Crippen LogP contribution in [-0.4, -0.2) is 47.7 Å². The van der Waals surface area contributed by atoms with Crippen molar-refractivity contribution in [1.29, 1.82) is 0 Å². The van der Waals surface area contributed by atoms with Gasteiger partial charge in [0.05, 0.1) is 12.0 Å². The number of carbonyl (C=O) groups is 2. The van der Waals surface area contributed by atoms with Gasteiger partial charge in [-0.15, -0.1) is 0 Å². The summed E-state index contributed by atoms with van der Waals surface area (Å²) in [4.78, 5) is 23.9. The summed E-state index contributed by atoms with van der Waals surface area (Å²) in [6.45, 7) is 1.81. The molecule has 16 heavy (non-hydrogen) atoms. The van der Waals surface area contributed by atoms with Crippen molar-refractivity contribution in [1.82, 2.24) is 4.90 Å². The fourth-order valence-electron chi connectivity index (χ4n) is 2.33. The molecule has 1 amide bonds. The first-order valence-electron chi connectivity index (χ1n) is 5.79. The average Bonchev–Trinajstić information content (AvgIpc) is 2.84. The Labute approximate surface area is 94.4 Å². The molecule has 1 N–H and O–H groups in total. The van der Waals surface area contributed by atoms with Crippen LogP contribution in [0.5, 0.6) is 0 Å². The number of carboxylic acids is 1. The van der Waals surface area contributed by atoms with Crippen LogP contribution in [0.3, 0.4) is 0 Å². The lowest BCUT2D eigenvalue weighted by Gasteiger charge is -2.18. The first kappa shape index (κ1) is 11.4. The fourth-order valence-corrected chi connectivity index (χ4v) is 2.33. The summed E-state index contributed by atoms with van der Waals surface area (Å²) in [5.41, 5.74) is 0. The Morgan fingerprint density at radius 1 is 1.56 bits per heavy atom. The van der Waals surface area contributed by atoms with Crippen LogP contribution >= 0.6 is 0 Å². The van der Waals surface area contributed by atoms with Gasteiger partial charge in [-0.1, -0.05) is 0 Å². The second-order valence-electron chi connectivity index (χ2n) is 4.50. The lowest BCUT2D eigenvalue weighted by molar-refractivity contribution is -0.141. The molecule has 0 aromatic heterocycles. The summed E-state index contributed by atoms with van der Waals surface area (Å²) >= 11 is 0. The minimum atomic E-state index is -0.868. The molecule has 2 aliphatic heterocycles. The van der Waals surface area contributed by atoms with Crippen LogP contribution in [-0.2, 0) is 14.3 Å². The molecule has 2 unspecified atom stereocenters. The average molecular weight is 227 g/mol. The maximum absolute atomic E-state index is 11.5. The minimum absolute atomic E-state index is 0.0367. The van der Waals surface area contributed by atoms with Crippen LogP contribution < -0.4 is 0 Å². The van der Waals surface area contributed by atoms with Gasteiger partial charge in [0.1, 0.15) is 0 Å². The molecule has 0 spiro atoms. The lowest BCUT2D eigenvalue weighted by Crippen LogP contribution is -2.29. The summed E-state index contributed by atoms with van der Waals surface area (Å²) in [5, 5.41) is 8.82. The molecule has 5 nitrogen and oxygen atoms in total. The Morgan fingerprint density at radius 2 is 2.38 bits per heavy atom. The molecule has 0 radical (unpaired) electrons. The third-order valence-electron chi connectivity index (χ3n) is 3.31. The fraction of sp³-hybridized carbons (Fsp3) is 0.818. The third kappa shape index (κ3) is 2.52. The first-order chi connectivity index (χ1) is 7.66. The number of aliphatic carboxylic acids is 1. The largest absolute Gasteiger partial charge is 0.481 e. The molecule has 2 heterocycles. The molecule has 2 atom stereocenters. The standard InChI is InChI=1S/C11H17NO4/c13-10-6-8(11(14)15)7-12(10)4-3-9-2-1-5-16-9/h8-9H,1-7H2,(H,14,15). The monoisotopic (exact) mass is 227 g/mol. The minimum Gasteiger partial charge on any atom is -0.481 e. The smallest absolute Gasteiger partial charge is 0.308 e. The maximum atomic E-state index is 11.5. The van der Waals surface area contributed by atoms with Crippen molar-refractivity contribution in [2.45, 2.75) is 31.8 Å². The van der Waals surface area contributed by atoms with Gasteiger partial charge in [-0.3, -0.25) is 9.59 Å². The highest BCUT2D eigenvalue weighted by molar-refractivity contribution is 5.86. The number of carboxylic acid groups (broad SMARTS) is 1. The van der Waals surface area contributed by atoms with Crippen molar-refractivity contribution in [2.75, 3.05) is 19.7 Å². The summed E-state index contributed by atoms with van der Waals surface area (Å²) < 4.78 is 5.47. The predicted molar refractivity (Wildman–Crippen MR) is 55.9 cm³/mol. The van der Waals surface area contributed by atoms with E-state index in [-0.39, 0.29) is 18.4 Å². The van der Waals surface area contributed by atoms with Crippen LogP contribution in [0.2, 0.25) is 0 Å². The lowest BCUT2D eigenvalue weighted by atomic mass is 10.1. The molecule has 5 heteroatoms. The number of hydrogen-bond donors (Lipinski definition) is 1. The van der Waals surface area contributed by atoms with Crippen LogP contribution in [0.25, 0.3) is 0 Å². The van der Waals surface area contributed by atoms with Gasteiger partial charge in [-0.2, -0.15) is 0 Å². The Kier molecular flexibility index (Phi) is 3.43. The number of rotatable bonds is 4. The summed E-state index contributed by atoms with van der Waals surface area (Å²) in [7, 11) is 0. The van der Waals surface area contributed by atoms with E-state index in [1.165, 1.54) is 0 Å². The number of ether oxygens (including phenoxy) is 1. The Morgan fingerprint density at radius 3 is 2.94 bits per heavy atom. The molecule has 90 valence electrons. The zero-order chi connectivity index (χ0) is 11.5. The van der Waals surface area contributed by atoms with E-state index < -0.39 is 11.9 Å². The maximum Gasteiger partial charge on any atom is 0.308 e. The zero-order valence-corrected chi connectivity index (χ0v) is 9.22. The first-order valence-corrected chi connectivity index (χ1v) is 5.79. The number of carbonyl (C=O) groups excluding carboxylic acids is 1. The molecule has 2 aliphatic rings. The van der Waals surface area contributed by atoms with Gasteiger partial charge < -0.3 is 14.7 Å². The van der Waals surface area contributed by atoms with E-state index in [0.717, 1.165) is 25.9 Å².